The summed E-state index contributed by atoms with van der Waals surface area (Å²) in [5.74, 6) is -0.614. The minimum Gasteiger partial charge on any atom is -0.337 e. The van der Waals surface area contributed by atoms with Crippen LogP contribution in [0.25, 0.3) is 0 Å². The third kappa shape index (κ3) is 3.68. The second kappa shape index (κ2) is 8.51. The third-order valence-electron chi connectivity index (χ3n) is 6.63. The number of rotatable bonds is 4. The van der Waals surface area contributed by atoms with Crippen molar-refractivity contribution in [1.29, 1.82) is 0 Å². The molecule has 9 nitrogen and oxygen atoms in total. The van der Waals surface area contributed by atoms with Gasteiger partial charge in [-0.05, 0) is 37.8 Å². The molecule has 0 spiro atoms. The van der Waals surface area contributed by atoms with Crippen molar-refractivity contribution in [1.82, 2.24) is 24.6 Å². The highest BCUT2D eigenvalue weighted by molar-refractivity contribution is 6.01. The Morgan fingerprint density at radius 2 is 2.00 bits per heavy atom. The Kier molecular flexibility index (Phi) is 5.51. The highest BCUT2D eigenvalue weighted by Crippen LogP contribution is 2.32. The Labute approximate surface area is 195 Å². The molecule has 2 aromatic heterocycles. The van der Waals surface area contributed by atoms with Gasteiger partial charge < -0.3 is 14.8 Å². The van der Waals surface area contributed by atoms with E-state index in [1.54, 1.807) is 40.7 Å². The maximum absolute atomic E-state index is 14.3. The molecular formula is C24H25FN6O3. The summed E-state index contributed by atoms with van der Waals surface area (Å²) in [6, 6.07) is 6.88. The number of carbonyl (C=O) groups is 2. The van der Waals surface area contributed by atoms with Gasteiger partial charge in [-0.15, -0.1) is 5.10 Å². The van der Waals surface area contributed by atoms with Gasteiger partial charge in [-0.25, -0.2) is 14.1 Å². The van der Waals surface area contributed by atoms with Crippen LogP contribution in [-0.2, 0) is 24.2 Å². The quantitative estimate of drug-likeness (QED) is 0.635. The number of anilines is 1. The maximum Gasteiger partial charge on any atom is 0.291 e. The van der Waals surface area contributed by atoms with Crippen molar-refractivity contribution in [3.63, 3.8) is 0 Å². The molecule has 176 valence electrons. The van der Waals surface area contributed by atoms with Crippen LogP contribution in [0.3, 0.4) is 0 Å². The first-order valence-electron chi connectivity index (χ1n) is 11.4. The summed E-state index contributed by atoms with van der Waals surface area (Å²) < 4.78 is 17.5. The average molecular weight is 465 g/mol. The number of hydrogen-bond acceptors (Lipinski definition) is 5. The van der Waals surface area contributed by atoms with Crippen LogP contribution < -0.4 is 15.8 Å². The van der Waals surface area contributed by atoms with E-state index in [2.05, 4.69) is 15.4 Å². The summed E-state index contributed by atoms with van der Waals surface area (Å²) in [6.07, 6.45) is 3.92. The molecule has 0 saturated carbocycles. The van der Waals surface area contributed by atoms with E-state index in [1.807, 2.05) is 6.92 Å². The van der Waals surface area contributed by atoms with Crippen molar-refractivity contribution in [2.75, 3.05) is 11.9 Å². The molecule has 0 saturated heterocycles. The van der Waals surface area contributed by atoms with E-state index in [-0.39, 0.29) is 29.1 Å². The molecule has 0 radical (unpaired) electrons. The number of nitrogens with one attached hydrogen (secondary N) is 1. The lowest BCUT2D eigenvalue weighted by molar-refractivity contribution is -0.120. The number of amides is 2. The van der Waals surface area contributed by atoms with Crippen molar-refractivity contribution < 1.29 is 14.0 Å². The first kappa shape index (κ1) is 22.0. The molecule has 0 aliphatic carbocycles. The van der Waals surface area contributed by atoms with E-state index >= 15 is 0 Å². The molecule has 4 heterocycles. The molecule has 0 bridgehead atoms. The molecule has 2 aliphatic heterocycles. The molecule has 1 N–H and O–H groups in total. The van der Waals surface area contributed by atoms with Gasteiger partial charge in [-0.2, -0.15) is 0 Å². The van der Waals surface area contributed by atoms with E-state index in [0.717, 1.165) is 5.56 Å². The zero-order chi connectivity index (χ0) is 24.0. The lowest BCUT2D eigenvalue weighted by Gasteiger charge is -2.22. The highest BCUT2D eigenvalue weighted by Gasteiger charge is 2.33. The number of hydrogen-bond donors (Lipinski definition) is 1. The molecule has 0 fully saturated rings. The van der Waals surface area contributed by atoms with Crippen LogP contribution >= 0.6 is 0 Å². The van der Waals surface area contributed by atoms with Crippen LogP contribution in [0, 0.1) is 5.82 Å². The molecule has 34 heavy (non-hydrogen) atoms. The fourth-order valence-electron chi connectivity index (χ4n) is 4.79. The van der Waals surface area contributed by atoms with Crippen LogP contribution in [0.5, 0.6) is 0 Å². The van der Waals surface area contributed by atoms with Gasteiger partial charge in [0, 0.05) is 37.8 Å². The summed E-state index contributed by atoms with van der Waals surface area (Å²) in [7, 11) is 1.60. The third-order valence-corrected chi connectivity index (χ3v) is 6.63. The Morgan fingerprint density at radius 1 is 1.21 bits per heavy atom. The minimum absolute atomic E-state index is 0.0427. The fourth-order valence-corrected chi connectivity index (χ4v) is 4.79. The number of aromatic nitrogens is 4. The van der Waals surface area contributed by atoms with Crippen molar-refractivity contribution in [2.45, 2.75) is 51.2 Å². The molecule has 10 heteroatoms. The van der Waals surface area contributed by atoms with Gasteiger partial charge in [0.25, 0.3) is 11.5 Å². The molecular weight excluding hydrogens is 439 g/mol. The topological polar surface area (TPSA) is 102 Å². The number of likely N-dealkylation sites (N-methyl/N-ethyl adjacent to an activating group) is 1. The van der Waals surface area contributed by atoms with E-state index in [1.165, 1.54) is 17.0 Å². The van der Waals surface area contributed by atoms with Crippen LogP contribution in [0.1, 0.15) is 53.4 Å². The highest BCUT2D eigenvalue weighted by atomic mass is 19.1. The number of nitrogens with zero attached hydrogens (tertiary/aromatic N) is 5. The predicted molar refractivity (Wildman–Crippen MR) is 122 cm³/mol. The lowest BCUT2D eigenvalue weighted by atomic mass is 10.0. The number of halogens is 1. The number of fused-ring (bicyclic) bond motifs is 2. The second-order valence-electron chi connectivity index (χ2n) is 8.64. The Bertz CT molecular complexity index is 1350. The SMILES string of the molecule is CCn1cc2c(cc1=O)N(C)C(=O)[C@H](NC(=O)c1nc3n(n1)[C@H](c1ccccc1F)CC3)CC2. The van der Waals surface area contributed by atoms with Crippen LogP contribution in [-0.4, -0.2) is 44.2 Å². The maximum atomic E-state index is 14.3. The fraction of sp³-hybridized carbons (Fsp3) is 0.375. The first-order valence-corrected chi connectivity index (χ1v) is 11.4. The van der Waals surface area contributed by atoms with E-state index in [4.69, 9.17) is 0 Å². The van der Waals surface area contributed by atoms with E-state index in [9.17, 15) is 18.8 Å². The average Bonchev–Trinajstić information content (AvgIpc) is 3.40. The summed E-state index contributed by atoms with van der Waals surface area (Å²) in [4.78, 5) is 44.1. The normalized spacial score (nSPS) is 19.5. The first-order chi connectivity index (χ1) is 16.4. The smallest absolute Gasteiger partial charge is 0.291 e. The van der Waals surface area contributed by atoms with Crippen LogP contribution in [0.4, 0.5) is 10.1 Å². The van der Waals surface area contributed by atoms with Gasteiger partial charge in [0.15, 0.2) is 0 Å². The summed E-state index contributed by atoms with van der Waals surface area (Å²) >= 11 is 0. The van der Waals surface area contributed by atoms with Gasteiger partial charge in [0.05, 0.1) is 11.7 Å². The minimum atomic E-state index is -0.782. The van der Waals surface area contributed by atoms with Crippen LogP contribution in [0.2, 0.25) is 0 Å². The standard InChI is InChI=1S/C24H25FN6O3/c1-3-30-13-14-8-9-17(24(34)29(2)19(14)12-21(30)32)26-23(33)22-27-20-11-10-18(31(20)28-22)15-6-4-5-7-16(15)25/h4-7,12-13,17-18H,3,8-11H2,1-2H3,(H,26,33)/t17-,18+/m1/s1. The summed E-state index contributed by atoms with van der Waals surface area (Å²) in [5, 5.41) is 7.11. The largest absolute Gasteiger partial charge is 0.337 e. The number of benzene rings is 1. The van der Waals surface area contributed by atoms with Crippen molar-refractivity contribution in [3.05, 3.63) is 75.5 Å². The van der Waals surface area contributed by atoms with Crippen molar-refractivity contribution in [2.24, 2.45) is 0 Å². The lowest BCUT2D eigenvalue weighted by Crippen LogP contribution is -2.47. The number of pyridine rings is 1. The van der Waals surface area contributed by atoms with Gasteiger partial charge in [-0.1, -0.05) is 18.2 Å². The summed E-state index contributed by atoms with van der Waals surface area (Å²) in [6.45, 7) is 2.42. The Balaban J connectivity index is 1.35. The molecule has 2 amide bonds. The van der Waals surface area contributed by atoms with Crippen molar-refractivity contribution in [3.8, 4) is 0 Å². The predicted octanol–water partition coefficient (Wildman–Crippen LogP) is 1.84. The van der Waals surface area contributed by atoms with Gasteiger partial charge >= 0.3 is 0 Å². The number of carbonyl (C=O) groups excluding carboxylic acids is 2. The molecule has 2 aliphatic rings. The monoisotopic (exact) mass is 464 g/mol. The van der Waals surface area contributed by atoms with Gasteiger partial charge in [-0.3, -0.25) is 14.4 Å². The Morgan fingerprint density at radius 3 is 2.76 bits per heavy atom. The second-order valence-corrected chi connectivity index (χ2v) is 8.64. The molecule has 3 aromatic rings. The summed E-state index contributed by atoms with van der Waals surface area (Å²) in [5.41, 5.74) is 1.77. The van der Waals surface area contributed by atoms with Crippen LogP contribution in [0.15, 0.2) is 41.3 Å². The van der Waals surface area contributed by atoms with Crippen molar-refractivity contribution >= 4 is 17.5 Å². The molecule has 1 aromatic carbocycles. The van der Waals surface area contributed by atoms with Gasteiger partial charge in [0.2, 0.25) is 11.7 Å². The van der Waals surface area contributed by atoms with Gasteiger partial charge in [0.1, 0.15) is 17.7 Å². The van der Waals surface area contributed by atoms with E-state index in [0.29, 0.717) is 49.3 Å². The molecule has 0 unspecified atom stereocenters. The Hall–Kier alpha value is -3.82. The number of aryl methyl sites for hydroxylation is 3. The zero-order valence-corrected chi connectivity index (χ0v) is 19.0. The molecule has 2 atom stereocenters. The zero-order valence-electron chi connectivity index (χ0n) is 19.0. The van der Waals surface area contributed by atoms with E-state index < -0.39 is 11.9 Å². The molecule has 5 rings (SSSR count).